The van der Waals surface area contributed by atoms with Crippen LogP contribution in [0.1, 0.15) is 33.6 Å². The zero-order valence-electron chi connectivity index (χ0n) is 9.68. The molecule has 0 aliphatic rings. The minimum Gasteiger partial charge on any atom is -0.338 e. The Labute approximate surface area is 87.9 Å². The Morgan fingerprint density at radius 1 is 1.50 bits per heavy atom. The molecule has 0 bridgehead atoms. The van der Waals surface area contributed by atoms with E-state index in [1.807, 2.05) is 0 Å². The molecule has 0 fully saturated rings. The Kier molecular flexibility index (Phi) is 7.25. The second-order valence-corrected chi connectivity index (χ2v) is 3.93. The molecule has 0 atom stereocenters. The number of hydrogen-bond donors (Lipinski definition) is 1. The van der Waals surface area contributed by atoms with Gasteiger partial charge in [0, 0.05) is 19.6 Å². The second-order valence-electron chi connectivity index (χ2n) is 3.93. The van der Waals surface area contributed by atoms with Crippen LogP contribution in [0.25, 0.3) is 0 Å². The maximum atomic E-state index is 11.6. The van der Waals surface area contributed by atoms with Gasteiger partial charge in [0.2, 0.25) is 0 Å². The van der Waals surface area contributed by atoms with Crippen molar-refractivity contribution in [1.82, 2.24) is 10.2 Å². The van der Waals surface area contributed by atoms with Crippen molar-refractivity contribution < 1.29 is 4.79 Å². The van der Waals surface area contributed by atoms with Crippen molar-refractivity contribution in [3.8, 4) is 0 Å². The second kappa shape index (κ2) is 7.65. The standard InChI is InChI=1S/C11H23N2O/c1-5-7-8-12-11(14)13(6-2)9-10(3)4/h10H,2,5-9H2,1,3-4H3,(H,12,14). The molecular formula is C11H23N2O. The molecular weight excluding hydrogens is 176 g/mol. The zero-order chi connectivity index (χ0) is 11.0. The number of rotatable bonds is 6. The number of hydrogen-bond acceptors (Lipinski definition) is 1. The number of carbonyl (C=O) groups excluding carboxylic acids is 1. The van der Waals surface area contributed by atoms with Gasteiger partial charge in [-0.15, -0.1) is 0 Å². The SMILES string of the molecule is [CH2]CN(CC(C)C)C(=O)NCCCC. The first kappa shape index (κ1) is 13.3. The highest BCUT2D eigenvalue weighted by Crippen LogP contribution is 1.98. The third kappa shape index (κ3) is 5.84. The first-order valence-electron chi connectivity index (χ1n) is 5.43. The molecule has 0 aliphatic carbocycles. The van der Waals surface area contributed by atoms with Crippen LogP contribution in [0.4, 0.5) is 4.79 Å². The van der Waals surface area contributed by atoms with Gasteiger partial charge in [-0.2, -0.15) is 0 Å². The zero-order valence-corrected chi connectivity index (χ0v) is 9.68. The molecule has 0 spiro atoms. The van der Waals surface area contributed by atoms with E-state index in [-0.39, 0.29) is 6.03 Å². The number of urea groups is 1. The first-order valence-corrected chi connectivity index (χ1v) is 5.43. The molecule has 3 nitrogen and oxygen atoms in total. The van der Waals surface area contributed by atoms with Gasteiger partial charge in [-0.25, -0.2) is 4.79 Å². The van der Waals surface area contributed by atoms with Gasteiger partial charge < -0.3 is 10.2 Å². The van der Waals surface area contributed by atoms with Crippen molar-refractivity contribution >= 4 is 6.03 Å². The van der Waals surface area contributed by atoms with Crippen molar-refractivity contribution in [2.45, 2.75) is 33.6 Å². The van der Waals surface area contributed by atoms with Crippen LogP contribution in [0, 0.1) is 12.8 Å². The highest BCUT2D eigenvalue weighted by molar-refractivity contribution is 5.74. The monoisotopic (exact) mass is 199 g/mol. The Balaban J connectivity index is 3.79. The average molecular weight is 199 g/mol. The molecule has 0 unspecified atom stereocenters. The van der Waals surface area contributed by atoms with Gasteiger partial charge in [-0.05, 0) is 19.3 Å². The Morgan fingerprint density at radius 2 is 2.14 bits per heavy atom. The summed E-state index contributed by atoms with van der Waals surface area (Å²) in [7, 11) is 0. The van der Waals surface area contributed by atoms with Crippen LogP contribution in [0.15, 0.2) is 0 Å². The highest BCUT2D eigenvalue weighted by atomic mass is 16.2. The van der Waals surface area contributed by atoms with Crippen LogP contribution in [-0.4, -0.2) is 30.6 Å². The molecule has 0 heterocycles. The Hall–Kier alpha value is -0.730. The summed E-state index contributed by atoms with van der Waals surface area (Å²) in [6.45, 7) is 12.1. The molecule has 0 aromatic rings. The summed E-state index contributed by atoms with van der Waals surface area (Å²) >= 11 is 0. The molecule has 1 radical (unpaired) electrons. The lowest BCUT2D eigenvalue weighted by Crippen LogP contribution is -2.42. The number of nitrogens with one attached hydrogen (secondary N) is 1. The Bertz CT molecular complexity index is 157. The minimum atomic E-state index is 0.0159. The van der Waals surface area contributed by atoms with E-state index < -0.39 is 0 Å². The number of unbranched alkanes of at least 4 members (excludes halogenated alkanes) is 1. The van der Waals surface area contributed by atoms with E-state index in [0.717, 1.165) is 25.9 Å². The fourth-order valence-electron chi connectivity index (χ4n) is 1.20. The largest absolute Gasteiger partial charge is 0.338 e. The summed E-state index contributed by atoms with van der Waals surface area (Å²) < 4.78 is 0. The number of nitrogens with zero attached hydrogens (tertiary/aromatic N) is 1. The summed E-state index contributed by atoms with van der Waals surface area (Å²) in [5.41, 5.74) is 0. The van der Waals surface area contributed by atoms with Crippen LogP contribution in [0.3, 0.4) is 0 Å². The lowest BCUT2D eigenvalue weighted by atomic mass is 10.2. The van der Waals surface area contributed by atoms with Crippen molar-refractivity contribution in [2.24, 2.45) is 5.92 Å². The molecule has 0 aromatic carbocycles. The highest BCUT2D eigenvalue weighted by Gasteiger charge is 2.11. The predicted molar refractivity (Wildman–Crippen MR) is 60.1 cm³/mol. The first-order chi connectivity index (χ1) is 6.61. The quantitative estimate of drug-likeness (QED) is 0.654. The number of amides is 2. The average Bonchev–Trinajstić information content (AvgIpc) is 2.14. The maximum Gasteiger partial charge on any atom is 0.317 e. The number of carbonyl (C=O) groups is 1. The fraction of sp³-hybridized carbons (Fsp3) is 0.818. The summed E-state index contributed by atoms with van der Waals surface area (Å²) in [6.07, 6.45) is 2.15. The van der Waals surface area contributed by atoms with Gasteiger partial charge >= 0.3 is 6.03 Å². The van der Waals surface area contributed by atoms with Crippen molar-refractivity contribution in [3.63, 3.8) is 0 Å². The van der Waals surface area contributed by atoms with Gasteiger partial charge in [-0.1, -0.05) is 27.2 Å². The molecule has 0 aromatic heterocycles. The van der Waals surface area contributed by atoms with Crippen LogP contribution in [0.5, 0.6) is 0 Å². The van der Waals surface area contributed by atoms with Crippen molar-refractivity contribution in [3.05, 3.63) is 6.92 Å². The van der Waals surface area contributed by atoms with Crippen LogP contribution >= 0.6 is 0 Å². The molecule has 0 saturated carbocycles. The van der Waals surface area contributed by atoms with Crippen molar-refractivity contribution in [2.75, 3.05) is 19.6 Å². The van der Waals surface area contributed by atoms with E-state index in [1.165, 1.54) is 0 Å². The normalized spacial score (nSPS) is 10.4. The molecule has 0 rings (SSSR count). The third-order valence-electron chi connectivity index (χ3n) is 1.95. The lowest BCUT2D eigenvalue weighted by Gasteiger charge is -2.23. The third-order valence-corrected chi connectivity index (χ3v) is 1.95. The van der Waals surface area contributed by atoms with Gasteiger partial charge in [0.25, 0.3) is 0 Å². The minimum absolute atomic E-state index is 0.0159. The van der Waals surface area contributed by atoms with Gasteiger partial charge in [0.1, 0.15) is 0 Å². The molecule has 14 heavy (non-hydrogen) atoms. The van der Waals surface area contributed by atoms with Gasteiger partial charge in [0.05, 0.1) is 0 Å². The van der Waals surface area contributed by atoms with Crippen LogP contribution < -0.4 is 5.32 Å². The van der Waals surface area contributed by atoms with Gasteiger partial charge in [0.15, 0.2) is 0 Å². The topological polar surface area (TPSA) is 32.3 Å². The van der Waals surface area contributed by atoms with Crippen LogP contribution in [0.2, 0.25) is 0 Å². The van der Waals surface area contributed by atoms with E-state index in [2.05, 4.69) is 33.0 Å². The van der Waals surface area contributed by atoms with E-state index in [1.54, 1.807) is 4.90 Å². The van der Waals surface area contributed by atoms with Crippen LogP contribution in [-0.2, 0) is 0 Å². The smallest absolute Gasteiger partial charge is 0.317 e. The Morgan fingerprint density at radius 3 is 2.57 bits per heavy atom. The summed E-state index contributed by atoms with van der Waals surface area (Å²) in [5.74, 6) is 0.494. The molecule has 2 amide bonds. The fourth-order valence-corrected chi connectivity index (χ4v) is 1.20. The summed E-state index contributed by atoms with van der Waals surface area (Å²) in [6, 6.07) is 0.0159. The summed E-state index contributed by atoms with van der Waals surface area (Å²) in [5, 5.41) is 2.89. The lowest BCUT2D eigenvalue weighted by molar-refractivity contribution is 0.196. The summed E-state index contributed by atoms with van der Waals surface area (Å²) in [4.78, 5) is 13.3. The van der Waals surface area contributed by atoms with E-state index in [4.69, 9.17) is 0 Å². The van der Waals surface area contributed by atoms with E-state index >= 15 is 0 Å². The van der Waals surface area contributed by atoms with Crippen molar-refractivity contribution in [1.29, 1.82) is 0 Å². The maximum absolute atomic E-state index is 11.6. The van der Waals surface area contributed by atoms with E-state index in [9.17, 15) is 4.79 Å². The molecule has 0 aliphatic heterocycles. The van der Waals surface area contributed by atoms with Gasteiger partial charge in [-0.3, -0.25) is 0 Å². The van der Waals surface area contributed by atoms with E-state index in [0.29, 0.717) is 12.5 Å². The predicted octanol–water partition coefficient (Wildman–Crippen LogP) is 2.29. The molecule has 0 saturated heterocycles. The molecule has 1 N–H and O–H groups in total. The molecule has 3 heteroatoms. The molecule has 83 valence electrons.